The molecule has 4 saturated carbocycles. The summed E-state index contributed by atoms with van der Waals surface area (Å²) in [5, 5.41) is 15.0. The smallest absolute Gasteiger partial charge is 0.258 e. The topological polar surface area (TPSA) is 80.2 Å². The second-order valence-corrected chi connectivity index (χ2v) is 10.8. The third-order valence-corrected chi connectivity index (χ3v) is 8.40. The predicted octanol–water partition coefficient (Wildman–Crippen LogP) is 2.82. The zero-order valence-corrected chi connectivity index (χ0v) is 19.7. The Balaban J connectivity index is 1.19. The van der Waals surface area contributed by atoms with Gasteiger partial charge in [0.2, 0.25) is 5.88 Å². The van der Waals surface area contributed by atoms with Crippen LogP contribution in [0.2, 0.25) is 0 Å². The van der Waals surface area contributed by atoms with Crippen molar-refractivity contribution in [2.75, 3.05) is 32.8 Å². The number of hydrogen-bond donors (Lipinski definition) is 3. The Kier molecular flexibility index (Phi) is 7.02. The first kappa shape index (κ1) is 22.2. The second-order valence-electron chi connectivity index (χ2n) is 10.8. The molecular weight excluding hydrogens is 402 g/mol. The zero-order valence-electron chi connectivity index (χ0n) is 19.7. The number of nitrogens with one attached hydrogen (secondary N) is 3. The van der Waals surface area contributed by atoms with E-state index in [-0.39, 0.29) is 5.91 Å². The van der Waals surface area contributed by atoms with E-state index in [9.17, 15) is 4.79 Å². The molecule has 0 aromatic carbocycles. The van der Waals surface area contributed by atoms with E-state index < -0.39 is 0 Å². The van der Waals surface area contributed by atoms with Crippen molar-refractivity contribution in [3.8, 4) is 5.88 Å². The summed E-state index contributed by atoms with van der Waals surface area (Å²) in [4.78, 5) is 13.3. The number of hydrogen-bond acceptors (Lipinski definition) is 5. The van der Waals surface area contributed by atoms with Crippen molar-refractivity contribution in [3.63, 3.8) is 0 Å². The molecule has 1 aromatic rings. The van der Waals surface area contributed by atoms with Crippen LogP contribution in [0.3, 0.4) is 0 Å². The Bertz CT molecular complexity index is 744. The third kappa shape index (κ3) is 4.84. The van der Waals surface area contributed by atoms with Crippen LogP contribution < -0.4 is 20.7 Å². The maximum atomic E-state index is 13.3. The Morgan fingerprint density at radius 2 is 1.88 bits per heavy atom. The summed E-state index contributed by atoms with van der Waals surface area (Å²) >= 11 is 0. The molecule has 6 rings (SSSR count). The van der Waals surface area contributed by atoms with Crippen molar-refractivity contribution < 1.29 is 9.53 Å². The van der Waals surface area contributed by atoms with E-state index in [0.717, 1.165) is 56.9 Å². The van der Waals surface area contributed by atoms with Gasteiger partial charge in [-0.3, -0.25) is 4.79 Å². The van der Waals surface area contributed by atoms with Gasteiger partial charge in [0.05, 0.1) is 19.3 Å². The Labute approximate surface area is 192 Å². The predicted molar refractivity (Wildman–Crippen MR) is 125 cm³/mol. The van der Waals surface area contributed by atoms with Crippen molar-refractivity contribution in [2.24, 2.45) is 29.6 Å². The summed E-state index contributed by atoms with van der Waals surface area (Å²) in [7, 11) is 0. The zero-order chi connectivity index (χ0) is 21.9. The molecule has 4 bridgehead atoms. The van der Waals surface area contributed by atoms with Gasteiger partial charge in [-0.05, 0) is 101 Å². The van der Waals surface area contributed by atoms with Crippen molar-refractivity contribution in [3.05, 3.63) is 11.8 Å². The molecule has 1 aromatic heterocycles. The molecule has 0 unspecified atom stereocenters. The highest BCUT2D eigenvalue weighted by Gasteiger charge is 2.48. The highest BCUT2D eigenvalue weighted by atomic mass is 16.5. The molecule has 7 nitrogen and oxygen atoms in total. The van der Waals surface area contributed by atoms with Gasteiger partial charge >= 0.3 is 0 Å². The number of ether oxygens (including phenoxy) is 1. The quantitative estimate of drug-likeness (QED) is 0.485. The molecule has 0 spiro atoms. The number of carbonyl (C=O) groups excluding carboxylic acids is 1. The van der Waals surface area contributed by atoms with E-state index in [1.54, 1.807) is 6.20 Å². The molecule has 4 aliphatic carbocycles. The summed E-state index contributed by atoms with van der Waals surface area (Å²) in [6.45, 7) is 7.56. The minimum Gasteiger partial charge on any atom is -0.477 e. The van der Waals surface area contributed by atoms with Crippen molar-refractivity contribution >= 4 is 5.91 Å². The lowest BCUT2D eigenvalue weighted by molar-refractivity contribution is -0.0120. The van der Waals surface area contributed by atoms with E-state index in [1.807, 2.05) is 4.68 Å². The first-order chi connectivity index (χ1) is 15.7. The number of amides is 1. The number of aromatic nitrogens is 2. The fourth-order valence-electron chi connectivity index (χ4n) is 7.01. The van der Waals surface area contributed by atoms with Crippen molar-refractivity contribution in [1.82, 2.24) is 25.7 Å². The molecule has 0 radical (unpaired) electrons. The van der Waals surface area contributed by atoms with Crippen LogP contribution in [0.5, 0.6) is 5.88 Å². The molecule has 32 heavy (non-hydrogen) atoms. The molecule has 3 N–H and O–H groups in total. The number of nitrogens with zero attached hydrogens (tertiary/aromatic N) is 2. The molecule has 5 fully saturated rings. The fraction of sp³-hybridized carbons (Fsp3) is 0.840. The molecule has 1 amide bonds. The van der Waals surface area contributed by atoms with Crippen LogP contribution in [0.25, 0.3) is 0 Å². The minimum absolute atomic E-state index is 0.00231. The van der Waals surface area contributed by atoms with Gasteiger partial charge in [-0.1, -0.05) is 6.92 Å². The molecule has 5 aliphatic rings. The monoisotopic (exact) mass is 443 g/mol. The van der Waals surface area contributed by atoms with Crippen LogP contribution in [0.1, 0.15) is 68.6 Å². The summed E-state index contributed by atoms with van der Waals surface area (Å²) in [6.07, 6.45) is 11.8. The largest absolute Gasteiger partial charge is 0.477 e. The standard InChI is InChI=1S/C25H41N5O2/c1-2-9-32-25-22(16-28-30(25)8-7-27-15-17-3-5-26-6-4-17)24(31)29-23-20-11-18-10-19(13-20)14-21(23)12-18/h16-21,23,26-27H,2-15H2,1H3,(H,29,31). The second kappa shape index (κ2) is 10.1. The van der Waals surface area contributed by atoms with Crippen LogP contribution in [0.4, 0.5) is 0 Å². The lowest BCUT2D eigenvalue weighted by Gasteiger charge is -2.54. The molecule has 0 atom stereocenters. The molecule has 1 saturated heterocycles. The SMILES string of the molecule is CCCOc1c(C(=O)NC2C3CC4CC(C3)CC2C4)cnn1CCNCC1CCNCC1. The van der Waals surface area contributed by atoms with Crippen molar-refractivity contribution in [1.29, 1.82) is 0 Å². The minimum atomic E-state index is 0.00231. The first-order valence-electron chi connectivity index (χ1n) is 13.1. The van der Waals surface area contributed by atoms with Gasteiger partial charge < -0.3 is 20.7 Å². The van der Waals surface area contributed by atoms with Gasteiger partial charge in [-0.25, -0.2) is 4.68 Å². The van der Waals surface area contributed by atoms with Crippen LogP contribution in [-0.2, 0) is 6.54 Å². The van der Waals surface area contributed by atoms with Crippen LogP contribution in [-0.4, -0.2) is 54.5 Å². The number of rotatable bonds is 10. The number of piperidine rings is 1. The van der Waals surface area contributed by atoms with Gasteiger partial charge in [0.15, 0.2) is 0 Å². The molecule has 2 heterocycles. The molecule has 7 heteroatoms. The van der Waals surface area contributed by atoms with Gasteiger partial charge in [0.25, 0.3) is 5.91 Å². The highest BCUT2D eigenvalue weighted by molar-refractivity contribution is 5.96. The summed E-state index contributed by atoms with van der Waals surface area (Å²) in [6, 6.07) is 0.337. The lowest BCUT2D eigenvalue weighted by Crippen LogP contribution is -2.55. The molecule has 178 valence electrons. The maximum Gasteiger partial charge on any atom is 0.258 e. The average Bonchev–Trinajstić information content (AvgIpc) is 3.20. The van der Waals surface area contributed by atoms with E-state index in [2.05, 4.69) is 28.0 Å². The third-order valence-electron chi connectivity index (χ3n) is 8.40. The van der Waals surface area contributed by atoms with Gasteiger partial charge in [-0.15, -0.1) is 0 Å². The van der Waals surface area contributed by atoms with E-state index in [1.165, 1.54) is 44.9 Å². The summed E-state index contributed by atoms with van der Waals surface area (Å²) in [5.41, 5.74) is 0.602. The summed E-state index contributed by atoms with van der Waals surface area (Å²) < 4.78 is 7.91. The van der Waals surface area contributed by atoms with Gasteiger partial charge in [-0.2, -0.15) is 5.10 Å². The molecule has 1 aliphatic heterocycles. The van der Waals surface area contributed by atoms with E-state index in [4.69, 9.17) is 4.74 Å². The Morgan fingerprint density at radius 1 is 1.16 bits per heavy atom. The van der Waals surface area contributed by atoms with E-state index >= 15 is 0 Å². The fourth-order valence-corrected chi connectivity index (χ4v) is 7.01. The highest BCUT2D eigenvalue weighted by Crippen LogP contribution is 2.53. The van der Waals surface area contributed by atoms with Crippen LogP contribution in [0.15, 0.2) is 6.20 Å². The Morgan fingerprint density at radius 3 is 2.56 bits per heavy atom. The summed E-state index contributed by atoms with van der Waals surface area (Å²) in [5.74, 6) is 4.56. The molecular formula is C25H41N5O2. The van der Waals surface area contributed by atoms with Gasteiger partial charge in [0.1, 0.15) is 5.56 Å². The van der Waals surface area contributed by atoms with Crippen LogP contribution >= 0.6 is 0 Å². The first-order valence-corrected chi connectivity index (χ1v) is 13.1. The van der Waals surface area contributed by atoms with E-state index in [0.29, 0.717) is 35.9 Å². The van der Waals surface area contributed by atoms with Crippen molar-refractivity contribution in [2.45, 2.75) is 70.9 Å². The normalized spacial score (nSPS) is 31.7. The average molecular weight is 444 g/mol. The lowest BCUT2D eigenvalue weighted by atomic mass is 9.54. The number of carbonyl (C=O) groups is 1. The van der Waals surface area contributed by atoms with Crippen LogP contribution in [0, 0.1) is 29.6 Å². The Hall–Kier alpha value is -1.60. The van der Waals surface area contributed by atoms with Gasteiger partial charge in [0, 0.05) is 12.6 Å². The maximum absolute atomic E-state index is 13.3.